The van der Waals surface area contributed by atoms with Crippen molar-refractivity contribution in [1.82, 2.24) is 20.4 Å². The zero-order valence-electron chi connectivity index (χ0n) is 15.2. The third kappa shape index (κ3) is 6.08. The molecule has 3 aromatic rings. The van der Waals surface area contributed by atoms with Gasteiger partial charge in [0, 0.05) is 5.92 Å². The third-order valence-electron chi connectivity index (χ3n) is 3.37. The van der Waals surface area contributed by atoms with E-state index in [-0.39, 0.29) is 29.9 Å². The van der Waals surface area contributed by atoms with Crippen LogP contribution in [0.4, 0.5) is 10.3 Å². The Morgan fingerprint density at radius 2 is 1.64 bits per heavy atom. The average molecular weight is 435 g/mol. The number of carbonyl (C=O) groups is 2. The maximum atomic E-state index is 12.1. The molecule has 0 aliphatic heterocycles. The molecule has 0 aliphatic rings. The Morgan fingerprint density at radius 3 is 2.36 bits per heavy atom. The minimum absolute atomic E-state index is 0.158. The molecule has 11 heteroatoms. The lowest BCUT2D eigenvalue weighted by Crippen LogP contribution is -2.14. The number of benzene rings is 1. The molecule has 2 heterocycles. The van der Waals surface area contributed by atoms with Gasteiger partial charge >= 0.3 is 0 Å². The van der Waals surface area contributed by atoms with E-state index in [2.05, 4.69) is 31.0 Å². The van der Waals surface area contributed by atoms with Crippen molar-refractivity contribution in [3.8, 4) is 0 Å². The predicted octanol–water partition coefficient (Wildman–Crippen LogP) is 3.43. The highest BCUT2D eigenvalue weighted by atomic mass is 32.2. The fourth-order valence-corrected chi connectivity index (χ4v) is 4.39. The molecule has 0 atom stereocenters. The topological polar surface area (TPSA) is 110 Å². The smallest absolute Gasteiger partial charge is 0.236 e. The van der Waals surface area contributed by atoms with Crippen LogP contribution in [0.5, 0.6) is 0 Å². The summed E-state index contributed by atoms with van der Waals surface area (Å²) >= 11 is 3.85. The SMILES string of the molecule is CC(C)c1nnc(NC(=O)CSc2nnc(NC(=O)Cc3ccccc3)s2)s1. The second-order valence-corrected chi connectivity index (χ2v) is 9.23. The first-order valence-corrected chi connectivity index (χ1v) is 11.0. The second kappa shape index (κ2) is 9.71. The summed E-state index contributed by atoms with van der Waals surface area (Å²) in [7, 11) is 0. The van der Waals surface area contributed by atoms with Gasteiger partial charge in [-0.3, -0.25) is 14.9 Å². The Bertz CT molecular complexity index is 941. The van der Waals surface area contributed by atoms with Crippen LogP contribution in [0.1, 0.15) is 30.3 Å². The molecule has 1 aromatic carbocycles. The van der Waals surface area contributed by atoms with Gasteiger partial charge in [0.25, 0.3) is 0 Å². The molecule has 2 N–H and O–H groups in total. The summed E-state index contributed by atoms with van der Waals surface area (Å²) in [6.45, 7) is 4.04. The van der Waals surface area contributed by atoms with Gasteiger partial charge in [-0.1, -0.05) is 78.6 Å². The number of rotatable bonds is 8. The number of anilines is 2. The maximum Gasteiger partial charge on any atom is 0.236 e. The highest BCUT2D eigenvalue weighted by Gasteiger charge is 2.13. The van der Waals surface area contributed by atoms with Gasteiger partial charge in [0.15, 0.2) is 4.34 Å². The molecule has 0 spiro atoms. The van der Waals surface area contributed by atoms with Gasteiger partial charge in [0.05, 0.1) is 12.2 Å². The molecule has 0 fully saturated rings. The molecule has 2 amide bonds. The predicted molar refractivity (Wildman–Crippen MR) is 112 cm³/mol. The molecular weight excluding hydrogens is 416 g/mol. The molecule has 146 valence electrons. The van der Waals surface area contributed by atoms with Crippen LogP contribution < -0.4 is 10.6 Å². The second-order valence-electron chi connectivity index (χ2n) is 6.02. The van der Waals surface area contributed by atoms with E-state index >= 15 is 0 Å². The van der Waals surface area contributed by atoms with Gasteiger partial charge in [0.2, 0.25) is 22.1 Å². The summed E-state index contributed by atoms with van der Waals surface area (Å²) in [6, 6.07) is 9.46. The molecule has 2 aromatic heterocycles. The number of hydrogen-bond donors (Lipinski definition) is 2. The summed E-state index contributed by atoms with van der Waals surface area (Å²) in [5, 5.41) is 23.2. The lowest BCUT2D eigenvalue weighted by Gasteiger charge is -2.01. The van der Waals surface area contributed by atoms with Crippen LogP contribution in [0.15, 0.2) is 34.7 Å². The lowest BCUT2D eigenvalue weighted by molar-refractivity contribution is -0.115. The normalized spacial score (nSPS) is 10.8. The van der Waals surface area contributed by atoms with E-state index in [1.165, 1.54) is 34.4 Å². The van der Waals surface area contributed by atoms with Crippen LogP contribution in [0.3, 0.4) is 0 Å². The first kappa shape index (κ1) is 20.4. The van der Waals surface area contributed by atoms with Crippen molar-refractivity contribution in [2.24, 2.45) is 0 Å². The summed E-state index contributed by atoms with van der Waals surface area (Å²) in [5.74, 6) is 0.0908. The van der Waals surface area contributed by atoms with Crippen molar-refractivity contribution in [2.75, 3.05) is 16.4 Å². The van der Waals surface area contributed by atoms with Crippen LogP contribution >= 0.6 is 34.4 Å². The van der Waals surface area contributed by atoms with E-state index in [1.54, 1.807) is 0 Å². The fraction of sp³-hybridized carbons (Fsp3) is 0.294. The number of thioether (sulfide) groups is 1. The molecule has 0 saturated carbocycles. The molecule has 0 unspecified atom stereocenters. The van der Waals surface area contributed by atoms with Crippen LogP contribution in [0.2, 0.25) is 0 Å². The van der Waals surface area contributed by atoms with Crippen molar-refractivity contribution in [3.63, 3.8) is 0 Å². The van der Waals surface area contributed by atoms with E-state index < -0.39 is 0 Å². The average Bonchev–Trinajstić information content (AvgIpc) is 3.30. The van der Waals surface area contributed by atoms with Crippen molar-refractivity contribution in [1.29, 1.82) is 0 Å². The third-order valence-corrected chi connectivity index (χ3v) is 6.48. The molecule has 3 rings (SSSR count). The van der Waals surface area contributed by atoms with Crippen molar-refractivity contribution < 1.29 is 9.59 Å². The number of hydrogen-bond acceptors (Lipinski definition) is 9. The standard InChI is InChI=1S/C17H18N6O2S3/c1-10(2)14-20-21-15(27-14)19-13(25)9-26-17-23-22-16(28-17)18-12(24)8-11-6-4-3-5-7-11/h3-7,10H,8-9H2,1-2H3,(H,18,22,24)(H,19,21,25). The zero-order chi connectivity index (χ0) is 19.9. The molecule has 28 heavy (non-hydrogen) atoms. The molecule has 0 aliphatic carbocycles. The van der Waals surface area contributed by atoms with Crippen molar-refractivity contribution in [3.05, 3.63) is 40.9 Å². The summed E-state index contributed by atoms with van der Waals surface area (Å²) in [4.78, 5) is 24.1. The lowest BCUT2D eigenvalue weighted by atomic mass is 10.1. The Morgan fingerprint density at radius 1 is 0.964 bits per heavy atom. The Balaban J connectivity index is 1.45. The van der Waals surface area contributed by atoms with E-state index in [0.29, 0.717) is 14.6 Å². The molecule has 0 saturated heterocycles. The first-order valence-electron chi connectivity index (χ1n) is 8.43. The summed E-state index contributed by atoms with van der Waals surface area (Å²) in [5.41, 5.74) is 0.924. The Labute approximate surface area is 174 Å². The van der Waals surface area contributed by atoms with Crippen molar-refractivity contribution in [2.45, 2.75) is 30.5 Å². The summed E-state index contributed by atoms with van der Waals surface area (Å²) < 4.78 is 0.602. The van der Waals surface area contributed by atoms with Crippen molar-refractivity contribution >= 4 is 56.5 Å². The Kier molecular flexibility index (Phi) is 7.06. The van der Waals surface area contributed by atoms with Gasteiger partial charge in [-0.15, -0.1) is 20.4 Å². The van der Waals surface area contributed by atoms with Gasteiger partial charge in [-0.2, -0.15) is 0 Å². The quantitative estimate of drug-likeness (QED) is 0.413. The monoisotopic (exact) mass is 434 g/mol. The van der Waals surface area contributed by atoms with Gasteiger partial charge in [0.1, 0.15) is 5.01 Å². The van der Waals surface area contributed by atoms with Gasteiger partial charge in [-0.05, 0) is 5.56 Å². The van der Waals surface area contributed by atoms with E-state index in [0.717, 1.165) is 10.6 Å². The molecule has 8 nitrogen and oxygen atoms in total. The highest BCUT2D eigenvalue weighted by molar-refractivity contribution is 8.01. The number of aromatic nitrogens is 4. The van der Waals surface area contributed by atoms with Gasteiger partial charge < -0.3 is 5.32 Å². The van der Waals surface area contributed by atoms with Crippen LogP contribution in [-0.4, -0.2) is 38.0 Å². The van der Waals surface area contributed by atoms with E-state index in [1.807, 2.05) is 44.2 Å². The largest absolute Gasteiger partial charge is 0.300 e. The molecular formula is C17H18N6O2S3. The number of carbonyl (C=O) groups excluding carboxylic acids is 2. The van der Waals surface area contributed by atoms with Crippen LogP contribution in [-0.2, 0) is 16.0 Å². The maximum absolute atomic E-state index is 12.1. The van der Waals surface area contributed by atoms with Crippen LogP contribution in [0, 0.1) is 0 Å². The van der Waals surface area contributed by atoms with E-state index in [4.69, 9.17) is 0 Å². The number of nitrogens with zero attached hydrogens (tertiary/aromatic N) is 4. The van der Waals surface area contributed by atoms with Gasteiger partial charge in [-0.25, -0.2) is 0 Å². The summed E-state index contributed by atoms with van der Waals surface area (Å²) in [6.07, 6.45) is 0.269. The Hall–Kier alpha value is -2.37. The molecule has 0 radical (unpaired) electrons. The first-order chi connectivity index (χ1) is 13.5. The highest BCUT2D eigenvalue weighted by Crippen LogP contribution is 2.26. The number of amides is 2. The van der Waals surface area contributed by atoms with E-state index in [9.17, 15) is 9.59 Å². The molecule has 0 bridgehead atoms. The minimum Gasteiger partial charge on any atom is -0.300 e. The fourth-order valence-electron chi connectivity index (χ4n) is 2.06. The minimum atomic E-state index is -0.193. The zero-order valence-corrected chi connectivity index (χ0v) is 17.7. The van der Waals surface area contributed by atoms with Crippen LogP contribution in [0.25, 0.3) is 0 Å². The number of nitrogens with one attached hydrogen (secondary N) is 2.